The highest BCUT2D eigenvalue weighted by molar-refractivity contribution is 7.90. The molecule has 9 rings (SSSR count). The third kappa shape index (κ3) is 10.3. The van der Waals surface area contributed by atoms with E-state index in [0.717, 1.165) is 113 Å². The summed E-state index contributed by atoms with van der Waals surface area (Å²) in [5.74, 6) is -0.225. The number of nitro groups is 1. The van der Waals surface area contributed by atoms with Crippen LogP contribution >= 0.6 is 11.6 Å². The number of nitro benzene ring substituents is 1. The first-order valence-electron chi connectivity index (χ1n) is 23.3. The Hall–Kier alpha value is -5.28. The number of piperidine rings is 1. The lowest BCUT2D eigenvalue weighted by Gasteiger charge is -2.39. The van der Waals surface area contributed by atoms with Crippen LogP contribution in [0.3, 0.4) is 0 Å². The van der Waals surface area contributed by atoms with Crippen molar-refractivity contribution in [3.05, 3.63) is 122 Å². The first-order chi connectivity index (χ1) is 31.5. The number of anilines is 1. The van der Waals surface area contributed by atoms with Crippen LogP contribution in [0.2, 0.25) is 5.02 Å². The molecule has 2 aliphatic carbocycles. The van der Waals surface area contributed by atoms with E-state index >= 15 is 0 Å². The molecule has 348 valence electrons. The molecule has 0 saturated carbocycles. The largest absolute Gasteiger partial charge is 0.455 e. The Morgan fingerprint density at radius 3 is 2.42 bits per heavy atom. The number of hydrogen-bond acceptors (Lipinski definition) is 10. The van der Waals surface area contributed by atoms with Crippen molar-refractivity contribution in [1.82, 2.24) is 24.5 Å². The average molecular weight is 935 g/mol. The molecule has 0 spiro atoms. The third-order valence-corrected chi connectivity index (χ3v) is 16.0. The molecule has 1 atom stereocenters. The van der Waals surface area contributed by atoms with E-state index in [1.54, 1.807) is 30.6 Å². The quantitative estimate of drug-likeness (QED) is 0.0862. The first kappa shape index (κ1) is 45.9. The smallest absolute Gasteiger partial charge is 0.274 e. The summed E-state index contributed by atoms with van der Waals surface area (Å²) >= 11 is 6.26. The van der Waals surface area contributed by atoms with Gasteiger partial charge in [-0.15, -0.1) is 0 Å². The van der Waals surface area contributed by atoms with Crippen LogP contribution in [0.1, 0.15) is 93.3 Å². The third-order valence-electron chi connectivity index (χ3n) is 14.4. The molecular formula is C51H60ClN7O6S. The summed E-state index contributed by atoms with van der Waals surface area (Å²) in [4.78, 5) is 40.4. The standard InChI is InChI=1S/C51H60ClN7O6S/c1-50(2)15-19-56(20-16-50)18-13-34-25-38-28-42(30-46(59(61)62)44(38)26-34)66(63,64)55-49(60)43-10-9-40(29-47(43)65-41-27-36-12-17-53-48(36)54-32-41)58-23-21-57(22-24-58)33-37-11-14-51(3,4)31-45(37)35-5-7-39(52)8-6-35/h5-10,12,17,27-30,32,34H,11,13-16,18-26,31,33H2,1-4H3,(H,53,54)(H,55,60)/t34-/m1/s1. The lowest BCUT2D eigenvalue weighted by atomic mass is 9.72. The summed E-state index contributed by atoms with van der Waals surface area (Å²) < 4.78 is 36.7. The monoisotopic (exact) mass is 933 g/mol. The van der Waals surface area contributed by atoms with Gasteiger partial charge >= 0.3 is 0 Å². The normalized spacial score (nSPS) is 20.1. The highest BCUT2D eigenvalue weighted by atomic mass is 35.5. The number of fused-ring (bicyclic) bond motifs is 2. The van der Waals surface area contributed by atoms with E-state index in [9.17, 15) is 23.3 Å². The predicted octanol–water partition coefficient (Wildman–Crippen LogP) is 10.0. The molecule has 2 saturated heterocycles. The maximum absolute atomic E-state index is 14.1. The van der Waals surface area contributed by atoms with Crippen LogP contribution in [0.4, 0.5) is 11.4 Å². The summed E-state index contributed by atoms with van der Waals surface area (Å²) in [6.45, 7) is 16.3. The molecule has 0 radical (unpaired) electrons. The zero-order chi connectivity index (χ0) is 46.4. The molecule has 3 aromatic carbocycles. The van der Waals surface area contributed by atoms with Gasteiger partial charge in [0, 0.05) is 72.7 Å². The number of sulfonamides is 1. The van der Waals surface area contributed by atoms with Gasteiger partial charge in [-0.3, -0.25) is 19.8 Å². The maximum Gasteiger partial charge on any atom is 0.274 e. The van der Waals surface area contributed by atoms with Crippen molar-refractivity contribution >= 4 is 55.5 Å². The number of aromatic nitrogens is 2. The number of piperazine rings is 1. The van der Waals surface area contributed by atoms with Crippen LogP contribution in [0, 0.1) is 26.9 Å². The molecule has 2 aliphatic heterocycles. The zero-order valence-electron chi connectivity index (χ0n) is 38.4. The van der Waals surface area contributed by atoms with Crippen LogP contribution in [0.5, 0.6) is 11.5 Å². The van der Waals surface area contributed by atoms with E-state index in [0.29, 0.717) is 40.8 Å². The van der Waals surface area contributed by atoms with Crippen LogP contribution in [0.15, 0.2) is 89.6 Å². The van der Waals surface area contributed by atoms with Crippen LogP contribution in [0.25, 0.3) is 16.6 Å². The number of hydrogen-bond donors (Lipinski definition) is 2. The fourth-order valence-corrected chi connectivity index (χ4v) is 11.4. The second kappa shape index (κ2) is 18.4. The summed E-state index contributed by atoms with van der Waals surface area (Å²) in [6, 6.07) is 19.6. The van der Waals surface area contributed by atoms with Crippen molar-refractivity contribution in [2.45, 2.75) is 84.0 Å². The zero-order valence-corrected chi connectivity index (χ0v) is 39.9. The summed E-state index contributed by atoms with van der Waals surface area (Å²) in [7, 11) is -4.54. The molecule has 0 unspecified atom stereocenters. The number of carbonyl (C=O) groups is 1. The number of amides is 1. The van der Waals surface area contributed by atoms with Crippen LogP contribution in [-0.4, -0.2) is 91.4 Å². The molecule has 66 heavy (non-hydrogen) atoms. The first-order valence-corrected chi connectivity index (χ1v) is 25.1. The molecule has 13 nitrogen and oxygen atoms in total. The predicted molar refractivity (Wildman–Crippen MR) is 260 cm³/mol. The number of halogens is 1. The second-order valence-corrected chi connectivity index (χ2v) is 22.5. The maximum atomic E-state index is 14.1. The molecular weight excluding hydrogens is 874 g/mol. The van der Waals surface area contributed by atoms with Crippen LogP contribution in [-0.2, 0) is 22.9 Å². The van der Waals surface area contributed by atoms with E-state index in [1.807, 2.05) is 24.3 Å². The topological polar surface area (TPSA) is 154 Å². The minimum Gasteiger partial charge on any atom is -0.455 e. The lowest BCUT2D eigenvalue weighted by molar-refractivity contribution is -0.385. The summed E-state index contributed by atoms with van der Waals surface area (Å²) in [5.41, 5.74) is 7.19. The molecule has 1 amide bonds. The number of nitrogens with zero attached hydrogens (tertiary/aromatic N) is 5. The Balaban J connectivity index is 0.920. The highest BCUT2D eigenvalue weighted by Gasteiger charge is 2.35. The molecule has 2 N–H and O–H groups in total. The van der Waals surface area contributed by atoms with Crippen molar-refractivity contribution in [2.24, 2.45) is 16.7 Å². The molecule has 5 aromatic rings. The van der Waals surface area contributed by atoms with Gasteiger partial charge in [0.25, 0.3) is 21.6 Å². The van der Waals surface area contributed by atoms with E-state index in [2.05, 4.69) is 69.2 Å². The number of allylic oxidation sites excluding steroid dienone is 1. The van der Waals surface area contributed by atoms with Gasteiger partial charge in [-0.1, -0.05) is 57.0 Å². The minimum atomic E-state index is -4.54. The Morgan fingerprint density at radius 2 is 1.68 bits per heavy atom. The van der Waals surface area contributed by atoms with Gasteiger partial charge in [0.05, 0.1) is 21.6 Å². The molecule has 4 aliphatic rings. The van der Waals surface area contributed by atoms with E-state index in [4.69, 9.17) is 16.3 Å². The van der Waals surface area contributed by atoms with E-state index in [1.165, 1.54) is 22.8 Å². The lowest BCUT2D eigenvalue weighted by Crippen LogP contribution is -2.47. The Labute approximate surface area is 392 Å². The number of aromatic amines is 1. The number of likely N-dealkylation sites (tertiary alicyclic amines) is 1. The number of H-pyrrole nitrogens is 1. The average Bonchev–Trinajstić information content (AvgIpc) is 3.93. The Morgan fingerprint density at radius 1 is 0.924 bits per heavy atom. The summed E-state index contributed by atoms with van der Waals surface area (Å²) in [5, 5.41) is 13.9. The summed E-state index contributed by atoms with van der Waals surface area (Å²) in [6.07, 6.45) is 10.7. The van der Waals surface area contributed by atoms with Crippen LogP contribution < -0.4 is 14.4 Å². The van der Waals surface area contributed by atoms with Gasteiger partial charge in [-0.05, 0) is 147 Å². The van der Waals surface area contributed by atoms with Crippen molar-refractivity contribution in [3.63, 3.8) is 0 Å². The number of carbonyl (C=O) groups excluding carboxylic acids is 1. The van der Waals surface area contributed by atoms with Crippen molar-refractivity contribution in [2.75, 3.05) is 57.3 Å². The Kier molecular flexibility index (Phi) is 12.8. The van der Waals surface area contributed by atoms with Gasteiger partial charge in [-0.25, -0.2) is 18.1 Å². The minimum absolute atomic E-state index is 0.00570. The highest BCUT2D eigenvalue weighted by Crippen LogP contribution is 2.44. The number of pyridine rings is 1. The number of ether oxygens (including phenoxy) is 1. The fraction of sp³-hybridized carbons (Fsp3) is 0.451. The van der Waals surface area contributed by atoms with Gasteiger partial charge in [-0.2, -0.15) is 0 Å². The second-order valence-electron chi connectivity index (χ2n) is 20.4. The molecule has 2 fully saturated rings. The van der Waals surface area contributed by atoms with Gasteiger partial charge < -0.3 is 19.5 Å². The van der Waals surface area contributed by atoms with Gasteiger partial charge in [0.1, 0.15) is 17.1 Å². The number of nitrogens with one attached hydrogen (secondary N) is 2. The van der Waals surface area contributed by atoms with Crippen molar-refractivity contribution < 1.29 is 22.9 Å². The fourth-order valence-electron chi connectivity index (χ4n) is 10.3. The van der Waals surface area contributed by atoms with Gasteiger partial charge in [0.15, 0.2) is 0 Å². The molecule has 0 bridgehead atoms. The van der Waals surface area contributed by atoms with E-state index in [-0.39, 0.29) is 33.2 Å². The molecule has 2 aromatic heterocycles. The molecule has 15 heteroatoms. The van der Waals surface area contributed by atoms with Crippen molar-refractivity contribution in [3.8, 4) is 11.5 Å². The number of rotatable bonds is 13. The number of benzene rings is 3. The van der Waals surface area contributed by atoms with Gasteiger partial charge in [0.2, 0.25) is 0 Å². The molecule has 4 heterocycles. The Bertz CT molecular complexity index is 2790. The SMILES string of the molecule is CC1(C)CCN(CC[C@@H]2Cc3cc(S(=O)(=O)NC(=O)c4ccc(N5CCN(CC6=C(c7ccc(Cl)cc7)CC(C)(C)CC6)CC5)cc4Oc4cnc5[nH]ccc5c4)cc([N+](=O)[O-])c3C2)CC1. The van der Waals surface area contributed by atoms with E-state index < -0.39 is 20.9 Å². The van der Waals surface area contributed by atoms with Crippen molar-refractivity contribution in [1.29, 1.82) is 0 Å².